The van der Waals surface area contributed by atoms with Gasteiger partial charge in [0.2, 0.25) is 0 Å². The van der Waals surface area contributed by atoms with Gasteiger partial charge in [-0.05, 0) is 30.3 Å². The molecule has 6 heteroatoms. The molecule has 0 spiro atoms. The van der Waals surface area contributed by atoms with E-state index in [1.54, 1.807) is 31.4 Å². The number of phenolic OH excluding ortho intramolecular Hbond substituents is 2. The van der Waals surface area contributed by atoms with E-state index in [-0.39, 0.29) is 29.0 Å². The maximum atomic E-state index is 12.7. The molecule has 0 saturated heterocycles. The summed E-state index contributed by atoms with van der Waals surface area (Å²) in [5, 5.41) is 19.7. The van der Waals surface area contributed by atoms with Gasteiger partial charge < -0.3 is 14.9 Å². The van der Waals surface area contributed by atoms with Crippen LogP contribution in [0.3, 0.4) is 0 Å². The van der Waals surface area contributed by atoms with Gasteiger partial charge in [0.15, 0.2) is 5.78 Å². The van der Waals surface area contributed by atoms with Crippen LogP contribution >= 0.6 is 19.8 Å². The van der Waals surface area contributed by atoms with Crippen molar-refractivity contribution in [2.24, 2.45) is 0 Å². The molecule has 0 amide bonds. The van der Waals surface area contributed by atoms with Crippen molar-refractivity contribution in [3.8, 4) is 17.2 Å². The van der Waals surface area contributed by atoms with Crippen LogP contribution in [0.2, 0.25) is 0 Å². The molecule has 0 fully saturated rings. The van der Waals surface area contributed by atoms with E-state index in [9.17, 15) is 15.0 Å². The number of carbonyl (C=O) groups excluding carboxylic acids is 1. The van der Waals surface area contributed by atoms with Crippen LogP contribution in [0.5, 0.6) is 17.2 Å². The highest BCUT2D eigenvalue weighted by Gasteiger charge is 2.26. The first-order valence-corrected chi connectivity index (χ1v) is 10.8. The lowest BCUT2D eigenvalue weighted by Crippen LogP contribution is -2.15. The number of allylic oxidation sites excluding steroid dienone is 1. The van der Waals surface area contributed by atoms with Gasteiger partial charge in [0.05, 0.1) is 7.11 Å². The van der Waals surface area contributed by atoms with E-state index >= 15 is 0 Å². The van der Waals surface area contributed by atoms with Crippen LogP contribution in [0.15, 0.2) is 49.1 Å². The normalized spacial score (nSPS) is 12.4. The SMILES string of the molecule is C=CC(C)(C)c1cc(C(CC(=O)c2ccc(O)cc2)SP)c(OC)cc1O. The Morgan fingerprint density at radius 2 is 1.93 bits per heavy atom. The smallest absolute Gasteiger partial charge is 0.164 e. The van der Waals surface area contributed by atoms with Crippen LogP contribution in [-0.4, -0.2) is 23.1 Å². The predicted molar refractivity (Wildman–Crippen MR) is 115 cm³/mol. The highest BCUT2D eigenvalue weighted by Crippen LogP contribution is 2.46. The molecule has 27 heavy (non-hydrogen) atoms. The van der Waals surface area contributed by atoms with Crippen molar-refractivity contribution in [3.63, 3.8) is 0 Å². The second-order valence-electron chi connectivity index (χ2n) is 6.84. The number of carbonyl (C=O) groups is 1. The van der Waals surface area contributed by atoms with E-state index in [4.69, 9.17) is 4.74 Å². The van der Waals surface area contributed by atoms with Gasteiger partial charge in [0.25, 0.3) is 0 Å². The van der Waals surface area contributed by atoms with Crippen LogP contribution in [0.1, 0.15) is 47.0 Å². The first-order chi connectivity index (χ1) is 12.7. The lowest BCUT2D eigenvalue weighted by molar-refractivity contribution is 0.0982. The Morgan fingerprint density at radius 3 is 2.44 bits per heavy atom. The molecule has 2 aromatic rings. The van der Waals surface area contributed by atoms with Crippen LogP contribution in [0.4, 0.5) is 0 Å². The number of Topliss-reactive ketones (excluding diaryl/α,β-unsaturated/α-hetero) is 1. The Hall–Kier alpha value is -1.97. The summed E-state index contributed by atoms with van der Waals surface area (Å²) >= 11 is 1.47. The van der Waals surface area contributed by atoms with E-state index in [2.05, 4.69) is 15.0 Å². The molecular formula is C21H25O4PS. The lowest BCUT2D eigenvalue weighted by Gasteiger charge is -2.25. The molecule has 2 N–H and O–H groups in total. The maximum absolute atomic E-state index is 12.7. The van der Waals surface area contributed by atoms with E-state index in [1.807, 2.05) is 19.9 Å². The molecule has 0 aliphatic carbocycles. The zero-order chi connectivity index (χ0) is 20.2. The van der Waals surface area contributed by atoms with E-state index in [0.717, 1.165) is 11.1 Å². The zero-order valence-electron chi connectivity index (χ0n) is 15.7. The fourth-order valence-corrected chi connectivity index (χ4v) is 4.11. The van der Waals surface area contributed by atoms with Gasteiger partial charge in [-0.25, -0.2) is 0 Å². The Balaban J connectivity index is 2.42. The number of phenols is 2. The average Bonchev–Trinajstić information content (AvgIpc) is 2.66. The summed E-state index contributed by atoms with van der Waals surface area (Å²) < 4.78 is 5.46. The van der Waals surface area contributed by atoms with Crippen molar-refractivity contribution in [1.82, 2.24) is 0 Å². The molecule has 2 unspecified atom stereocenters. The molecule has 0 heterocycles. The molecule has 0 saturated carbocycles. The van der Waals surface area contributed by atoms with Crippen LogP contribution in [-0.2, 0) is 5.41 Å². The number of ketones is 1. The third-order valence-corrected chi connectivity index (χ3v) is 6.36. The highest BCUT2D eigenvalue weighted by atomic mass is 32.7. The minimum atomic E-state index is -0.428. The summed E-state index contributed by atoms with van der Waals surface area (Å²) in [6, 6.07) is 9.71. The van der Waals surface area contributed by atoms with Crippen molar-refractivity contribution in [2.75, 3.05) is 7.11 Å². The Labute approximate surface area is 166 Å². The number of methoxy groups -OCH3 is 1. The average molecular weight is 404 g/mol. The predicted octanol–water partition coefficient (Wildman–Crippen LogP) is 5.41. The quantitative estimate of drug-likeness (QED) is 0.350. The van der Waals surface area contributed by atoms with Gasteiger partial charge in [-0.3, -0.25) is 4.79 Å². The van der Waals surface area contributed by atoms with Crippen molar-refractivity contribution < 1.29 is 19.7 Å². The van der Waals surface area contributed by atoms with Crippen LogP contribution in [0.25, 0.3) is 0 Å². The van der Waals surface area contributed by atoms with Crippen molar-refractivity contribution in [2.45, 2.75) is 30.9 Å². The zero-order valence-corrected chi connectivity index (χ0v) is 17.7. The molecule has 0 bridgehead atoms. The van der Waals surface area contributed by atoms with Crippen molar-refractivity contribution >= 4 is 25.6 Å². The summed E-state index contributed by atoms with van der Waals surface area (Å²) in [6.07, 6.45) is 2.04. The molecule has 0 aromatic heterocycles. The Bertz CT molecular complexity index is 831. The van der Waals surface area contributed by atoms with E-state index < -0.39 is 5.41 Å². The number of aromatic hydroxyl groups is 2. The van der Waals surface area contributed by atoms with Gasteiger partial charge in [-0.15, -0.1) is 18.0 Å². The summed E-state index contributed by atoms with van der Waals surface area (Å²) in [6.45, 7) is 7.79. The van der Waals surface area contributed by atoms with Gasteiger partial charge in [-0.1, -0.05) is 28.4 Å². The summed E-state index contributed by atoms with van der Waals surface area (Å²) in [4.78, 5) is 12.7. The third-order valence-electron chi connectivity index (χ3n) is 4.62. The first kappa shape index (κ1) is 21.3. The van der Waals surface area contributed by atoms with Gasteiger partial charge in [0.1, 0.15) is 17.2 Å². The number of hydrogen-bond donors (Lipinski definition) is 2. The van der Waals surface area contributed by atoms with Gasteiger partial charge >= 0.3 is 0 Å². The number of rotatable bonds is 8. The molecule has 2 rings (SSSR count). The maximum Gasteiger partial charge on any atom is 0.164 e. The van der Waals surface area contributed by atoms with Crippen LogP contribution in [0, 0.1) is 0 Å². The second-order valence-corrected chi connectivity index (χ2v) is 8.49. The standard InChI is InChI=1S/C21H25O4PS/c1-5-21(2,3)16-10-15(19(25-4)11-18(16)24)20(27-26)12-17(23)13-6-8-14(22)9-7-13/h5-11,20,22,24H,1,12,26H2,2-4H3. The van der Waals surface area contributed by atoms with E-state index in [1.165, 1.54) is 23.5 Å². The fraction of sp³-hybridized carbons (Fsp3) is 0.286. The molecule has 0 aliphatic rings. The summed E-state index contributed by atoms with van der Waals surface area (Å²) in [5.74, 6) is 0.766. The van der Waals surface area contributed by atoms with Crippen molar-refractivity contribution in [1.29, 1.82) is 0 Å². The fourth-order valence-electron chi connectivity index (χ4n) is 2.81. The topological polar surface area (TPSA) is 66.8 Å². The molecule has 4 nitrogen and oxygen atoms in total. The van der Waals surface area contributed by atoms with Crippen molar-refractivity contribution in [3.05, 3.63) is 65.7 Å². The molecular weight excluding hydrogens is 379 g/mol. The van der Waals surface area contributed by atoms with Gasteiger partial charge in [-0.2, -0.15) is 0 Å². The monoisotopic (exact) mass is 404 g/mol. The molecule has 0 radical (unpaired) electrons. The summed E-state index contributed by atoms with van der Waals surface area (Å²) in [5.41, 5.74) is 1.69. The summed E-state index contributed by atoms with van der Waals surface area (Å²) in [7, 11) is 4.15. The first-order valence-electron chi connectivity index (χ1n) is 8.46. The third kappa shape index (κ3) is 4.85. The Morgan fingerprint density at radius 1 is 1.30 bits per heavy atom. The molecule has 0 aliphatic heterocycles. The van der Waals surface area contributed by atoms with E-state index in [0.29, 0.717) is 11.3 Å². The second kappa shape index (κ2) is 8.81. The minimum Gasteiger partial charge on any atom is -0.508 e. The number of benzene rings is 2. The number of hydrogen-bond acceptors (Lipinski definition) is 5. The largest absolute Gasteiger partial charge is 0.508 e. The van der Waals surface area contributed by atoms with Gasteiger partial charge in [0, 0.05) is 39.8 Å². The molecule has 144 valence electrons. The molecule has 2 aromatic carbocycles. The minimum absolute atomic E-state index is 0.0328. The number of ether oxygens (including phenoxy) is 1. The highest BCUT2D eigenvalue weighted by molar-refractivity contribution is 8.43. The van der Waals surface area contributed by atoms with Crippen LogP contribution < -0.4 is 4.74 Å². The lowest BCUT2D eigenvalue weighted by atomic mass is 9.82. The molecule has 2 atom stereocenters. The Kier molecular flexibility index (Phi) is 6.96.